The summed E-state index contributed by atoms with van der Waals surface area (Å²) < 4.78 is 40.1. The van der Waals surface area contributed by atoms with Crippen LogP contribution in [0.2, 0.25) is 5.02 Å². The molecule has 2 aromatic carbocycles. The van der Waals surface area contributed by atoms with Gasteiger partial charge in [0.15, 0.2) is 0 Å². The second-order valence-corrected chi connectivity index (χ2v) is 4.68. The van der Waals surface area contributed by atoms with Crippen molar-refractivity contribution in [3.63, 3.8) is 0 Å². The molecule has 19 heavy (non-hydrogen) atoms. The highest BCUT2D eigenvalue weighted by Gasteiger charge is 2.15. The molecular weight excluding hydrogens is 275 g/mol. The Kier molecular flexibility index (Phi) is 3.83. The number of hydrogen-bond donors (Lipinski definition) is 1. The van der Waals surface area contributed by atoms with E-state index in [1.54, 1.807) is 13.0 Å². The van der Waals surface area contributed by atoms with Crippen molar-refractivity contribution in [1.29, 1.82) is 0 Å². The fourth-order valence-corrected chi connectivity index (χ4v) is 2.22. The number of benzene rings is 2. The van der Waals surface area contributed by atoms with Crippen LogP contribution in [0, 0.1) is 17.5 Å². The van der Waals surface area contributed by atoms with Gasteiger partial charge in [0.2, 0.25) is 0 Å². The van der Waals surface area contributed by atoms with E-state index in [9.17, 15) is 13.2 Å². The summed E-state index contributed by atoms with van der Waals surface area (Å²) in [4.78, 5) is 0. The summed E-state index contributed by atoms with van der Waals surface area (Å²) in [6.45, 7) is 1.75. The van der Waals surface area contributed by atoms with Crippen LogP contribution < -0.4 is 5.73 Å². The van der Waals surface area contributed by atoms with Crippen LogP contribution in [0.3, 0.4) is 0 Å². The quantitative estimate of drug-likeness (QED) is 0.867. The molecule has 0 spiro atoms. The van der Waals surface area contributed by atoms with Crippen molar-refractivity contribution in [1.82, 2.24) is 0 Å². The average Bonchev–Trinajstić information content (AvgIpc) is 2.26. The highest BCUT2D eigenvalue weighted by Crippen LogP contribution is 2.31. The molecule has 0 aliphatic heterocycles. The van der Waals surface area contributed by atoms with Crippen LogP contribution in [0.5, 0.6) is 0 Å². The Morgan fingerprint density at radius 1 is 1.05 bits per heavy atom. The normalized spacial score (nSPS) is 12.5. The Labute approximate surface area is 113 Å². The number of hydrogen-bond acceptors (Lipinski definition) is 1. The van der Waals surface area contributed by atoms with E-state index < -0.39 is 17.5 Å². The maximum Gasteiger partial charge on any atom is 0.136 e. The van der Waals surface area contributed by atoms with Gasteiger partial charge in [0.25, 0.3) is 0 Å². The van der Waals surface area contributed by atoms with E-state index in [4.69, 9.17) is 17.3 Å². The first kappa shape index (κ1) is 13.9. The van der Waals surface area contributed by atoms with Gasteiger partial charge in [-0.15, -0.1) is 0 Å². The molecule has 1 unspecified atom stereocenters. The molecule has 0 bridgehead atoms. The Morgan fingerprint density at radius 3 is 2.11 bits per heavy atom. The van der Waals surface area contributed by atoms with Gasteiger partial charge < -0.3 is 5.73 Å². The summed E-state index contributed by atoms with van der Waals surface area (Å²) in [6, 6.07) is 5.50. The first-order valence-corrected chi connectivity index (χ1v) is 5.98. The van der Waals surface area contributed by atoms with E-state index >= 15 is 0 Å². The summed E-state index contributed by atoms with van der Waals surface area (Å²) in [7, 11) is 0. The third kappa shape index (κ3) is 2.74. The van der Waals surface area contributed by atoms with Crippen LogP contribution in [0.25, 0.3) is 11.1 Å². The molecule has 0 aliphatic rings. The van der Waals surface area contributed by atoms with Gasteiger partial charge >= 0.3 is 0 Å². The monoisotopic (exact) mass is 285 g/mol. The van der Waals surface area contributed by atoms with Crippen LogP contribution in [0.15, 0.2) is 30.3 Å². The maximum atomic E-state index is 13.6. The first-order chi connectivity index (χ1) is 8.90. The zero-order valence-electron chi connectivity index (χ0n) is 10.1. The van der Waals surface area contributed by atoms with Crippen LogP contribution in [-0.4, -0.2) is 0 Å². The molecule has 1 atom stereocenters. The van der Waals surface area contributed by atoms with Crippen molar-refractivity contribution < 1.29 is 13.2 Å². The summed E-state index contributed by atoms with van der Waals surface area (Å²) in [5, 5.41) is 0.315. The zero-order valence-corrected chi connectivity index (χ0v) is 10.8. The van der Waals surface area contributed by atoms with E-state index in [0.29, 0.717) is 22.7 Å². The summed E-state index contributed by atoms with van der Waals surface area (Å²) in [5.41, 5.74) is 6.31. The molecule has 0 aliphatic carbocycles. The standard InChI is InChI=1S/C14H11ClF3N/c1-7(19)10-3-2-8(4-11(10)15)14-12(17)5-9(16)6-13(14)18/h2-7H,19H2,1H3. The highest BCUT2D eigenvalue weighted by atomic mass is 35.5. The molecular formula is C14H11ClF3N. The molecule has 0 saturated carbocycles. The van der Waals surface area contributed by atoms with Crippen LogP contribution in [0.4, 0.5) is 13.2 Å². The zero-order chi connectivity index (χ0) is 14.2. The molecule has 0 amide bonds. The molecule has 100 valence electrons. The lowest BCUT2D eigenvalue weighted by atomic mass is 10.0. The van der Waals surface area contributed by atoms with Crippen LogP contribution in [0.1, 0.15) is 18.5 Å². The Morgan fingerprint density at radius 2 is 1.63 bits per heavy atom. The van der Waals surface area contributed by atoms with Crippen molar-refractivity contribution in [2.24, 2.45) is 5.73 Å². The summed E-state index contributed by atoms with van der Waals surface area (Å²) >= 11 is 6.01. The summed E-state index contributed by atoms with van der Waals surface area (Å²) in [6.07, 6.45) is 0. The lowest BCUT2D eigenvalue weighted by molar-refractivity contribution is 0.548. The Balaban J connectivity index is 2.57. The predicted octanol–water partition coefficient (Wildman–Crippen LogP) is 4.44. The van der Waals surface area contributed by atoms with Crippen molar-refractivity contribution in [2.45, 2.75) is 13.0 Å². The van der Waals surface area contributed by atoms with Crippen LogP contribution in [-0.2, 0) is 0 Å². The number of rotatable bonds is 2. The van der Waals surface area contributed by atoms with Crippen molar-refractivity contribution >= 4 is 11.6 Å². The molecule has 2 N–H and O–H groups in total. The fraction of sp³-hybridized carbons (Fsp3) is 0.143. The minimum absolute atomic E-state index is 0.240. The van der Waals surface area contributed by atoms with Crippen molar-refractivity contribution in [3.05, 3.63) is 58.4 Å². The van der Waals surface area contributed by atoms with Crippen LogP contribution >= 0.6 is 11.6 Å². The Bertz CT molecular complexity index is 603. The molecule has 0 fully saturated rings. The van der Waals surface area contributed by atoms with E-state index in [1.165, 1.54) is 12.1 Å². The molecule has 5 heteroatoms. The minimum atomic E-state index is -0.970. The lowest BCUT2D eigenvalue weighted by Crippen LogP contribution is -2.05. The van der Waals surface area contributed by atoms with Gasteiger partial charge in [-0.2, -0.15) is 0 Å². The largest absolute Gasteiger partial charge is 0.324 e. The molecule has 0 saturated heterocycles. The van der Waals surface area contributed by atoms with Gasteiger partial charge in [-0.25, -0.2) is 13.2 Å². The second-order valence-electron chi connectivity index (χ2n) is 4.27. The van der Waals surface area contributed by atoms with Gasteiger partial charge in [-0.05, 0) is 24.1 Å². The van der Waals surface area contributed by atoms with Crippen molar-refractivity contribution in [3.8, 4) is 11.1 Å². The molecule has 0 radical (unpaired) electrons. The molecule has 0 heterocycles. The average molecular weight is 286 g/mol. The fourth-order valence-electron chi connectivity index (χ4n) is 1.87. The highest BCUT2D eigenvalue weighted by molar-refractivity contribution is 6.31. The number of nitrogens with two attached hydrogens (primary N) is 1. The number of halogens is 4. The van der Waals surface area contributed by atoms with E-state index in [-0.39, 0.29) is 17.2 Å². The first-order valence-electron chi connectivity index (χ1n) is 5.60. The van der Waals surface area contributed by atoms with Gasteiger partial charge in [0.1, 0.15) is 17.5 Å². The summed E-state index contributed by atoms with van der Waals surface area (Å²) in [5.74, 6) is -2.90. The second kappa shape index (κ2) is 5.23. The molecule has 2 rings (SSSR count). The molecule has 0 aromatic heterocycles. The van der Waals surface area contributed by atoms with Gasteiger partial charge in [-0.3, -0.25) is 0 Å². The van der Waals surface area contributed by atoms with Gasteiger partial charge in [0, 0.05) is 23.2 Å². The molecule has 1 nitrogen and oxygen atoms in total. The van der Waals surface area contributed by atoms with E-state index in [1.807, 2.05) is 0 Å². The van der Waals surface area contributed by atoms with Crippen molar-refractivity contribution in [2.75, 3.05) is 0 Å². The minimum Gasteiger partial charge on any atom is -0.324 e. The third-order valence-corrected chi connectivity index (χ3v) is 3.11. The topological polar surface area (TPSA) is 26.0 Å². The van der Waals surface area contributed by atoms with E-state index in [0.717, 1.165) is 0 Å². The maximum absolute atomic E-state index is 13.6. The molecule has 2 aromatic rings. The van der Waals surface area contributed by atoms with Gasteiger partial charge in [-0.1, -0.05) is 23.7 Å². The van der Waals surface area contributed by atoms with Gasteiger partial charge in [0.05, 0.1) is 5.56 Å². The van der Waals surface area contributed by atoms with E-state index in [2.05, 4.69) is 0 Å². The lowest BCUT2D eigenvalue weighted by Gasteiger charge is -2.11. The SMILES string of the molecule is CC(N)c1ccc(-c2c(F)cc(F)cc2F)cc1Cl. The Hall–Kier alpha value is -1.52. The predicted molar refractivity (Wildman–Crippen MR) is 69.4 cm³/mol. The smallest absolute Gasteiger partial charge is 0.136 e. The third-order valence-electron chi connectivity index (χ3n) is 2.79.